The molecule has 0 radical (unpaired) electrons. The Bertz CT molecular complexity index is 557. The van der Waals surface area contributed by atoms with Crippen molar-refractivity contribution in [2.45, 2.75) is 26.2 Å². The van der Waals surface area contributed by atoms with Gasteiger partial charge >= 0.3 is 0 Å². The number of carbonyl (C=O) groups excluding carboxylic acids is 1. The third kappa shape index (κ3) is 4.15. The molecule has 2 N–H and O–H groups in total. The van der Waals surface area contributed by atoms with Crippen molar-refractivity contribution >= 4 is 28.9 Å². The topological polar surface area (TPSA) is 84.3 Å². The van der Waals surface area contributed by atoms with Gasteiger partial charge in [0.2, 0.25) is 5.91 Å². The van der Waals surface area contributed by atoms with E-state index in [-0.39, 0.29) is 16.6 Å². The lowest BCUT2D eigenvalue weighted by Gasteiger charge is -2.22. The molecule has 21 heavy (non-hydrogen) atoms. The van der Waals surface area contributed by atoms with Crippen molar-refractivity contribution in [1.29, 1.82) is 0 Å². The first-order valence-corrected chi connectivity index (χ1v) is 7.30. The largest absolute Gasteiger partial charge is 0.326 e. The zero-order valence-corrected chi connectivity index (χ0v) is 12.6. The molecular weight excluding hydrogens is 294 g/mol. The predicted molar refractivity (Wildman–Crippen MR) is 81.7 cm³/mol. The summed E-state index contributed by atoms with van der Waals surface area (Å²) in [7, 11) is 0. The Hall–Kier alpha value is -1.66. The van der Waals surface area contributed by atoms with Crippen molar-refractivity contribution in [1.82, 2.24) is 5.32 Å². The molecule has 0 spiro atoms. The second-order valence-electron chi connectivity index (χ2n) is 5.32. The molecule has 1 aromatic rings. The summed E-state index contributed by atoms with van der Waals surface area (Å²) in [4.78, 5) is 22.3. The highest BCUT2D eigenvalue weighted by molar-refractivity contribution is 6.33. The second kappa shape index (κ2) is 6.87. The van der Waals surface area contributed by atoms with Crippen molar-refractivity contribution in [3.05, 3.63) is 32.8 Å². The first-order chi connectivity index (χ1) is 9.97. The normalized spacial score (nSPS) is 15.7. The van der Waals surface area contributed by atoms with Crippen LogP contribution >= 0.6 is 11.6 Å². The molecule has 6 nitrogen and oxygen atoms in total. The Labute approximate surface area is 128 Å². The van der Waals surface area contributed by atoms with E-state index in [4.69, 9.17) is 11.6 Å². The van der Waals surface area contributed by atoms with Gasteiger partial charge in [-0.05, 0) is 50.4 Å². The number of piperidine rings is 1. The molecule has 0 bridgehead atoms. The zero-order chi connectivity index (χ0) is 15.4. The molecule has 1 fully saturated rings. The van der Waals surface area contributed by atoms with Gasteiger partial charge in [-0.2, -0.15) is 0 Å². The van der Waals surface area contributed by atoms with Gasteiger partial charge in [-0.1, -0.05) is 11.6 Å². The minimum absolute atomic E-state index is 0.0303. The predicted octanol–water partition coefficient (Wildman–Crippen LogP) is 2.88. The third-order valence-corrected chi connectivity index (χ3v) is 4.00. The SMILES string of the molecule is Cc1cc([N+](=O)[O-])c(Cl)cc1NC(=O)CC1CCNCC1. The van der Waals surface area contributed by atoms with E-state index in [1.807, 2.05) is 0 Å². The first kappa shape index (κ1) is 15.7. The van der Waals surface area contributed by atoms with E-state index in [1.165, 1.54) is 12.1 Å². The van der Waals surface area contributed by atoms with Gasteiger partial charge in [0.1, 0.15) is 5.02 Å². The molecule has 2 rings (SSSR count). The number of anilines is 1. The minimum atomic E-state index is -0.532. The van der Waals surface area contributed by atoms with Gasteiger partial charge in [0.05, 0.1) is 4.92 Å². The molecule has 1 aromatic carbocycles. The van der Waals surface area contributed by atoms with Crippen LogP contribution < -0.4 is 10.6 Å². The fourth-order valence-electron chi connectivity index (χ4n) is 2.49. The Balaban J connectivity index is 2.03. The van der Waals surface area contributed by atoms with E-state index in [1.54, 1.807) is 6.92 Å². The molecule has 1 heterocycles. The van der Waals surface area contributed by atoms with Crippen LogP contribution in [-0.4, -0.2) is 23.9 Å². The van der Waals surface area contributed by atoms with Crippen LogP contribution in [0.5, 0.6) is 0 Å². The number of hydrogen-bond acceptors (Lipinski definition) is 4. The summed E-state index contributed by atoms with van der Waals surface area (Å²) in [6.07, 6.45) is 2.45. The summed E-state index contributed by atoms with van der Waals surface area (Å²) in [5.41, 5.74) is 1.01. The number of hydrogen-bond donors (Lipinski definition) is 2. The van der Waals surface area contributed by atoms with Crippen molar-refractivity contribution < 1.29 is 9.72 Å². The first-order valence-electron chi connectivity index (χ1n) is 6.92. The van der Waals surface area contributed by atoms with Gasteiger partial charge in [0.25, 0.3) is 5.69 Å². The fourth-order valence-corrected chi connectivity index (χ4v) is 2.72. The Morgan fingerprint density at radius 1 is 1.48 bits per heavy atom. The van der Waals surface area contributed by atoms with Gasteiger partial charge in [-0.3, -0.25) is 14.9 Å². The van der Waals surface area contributed by atoms with Crippen molar-refractivity contribution in [2.24, 2.45) is 5.92 Å². The van der Waals surface area contributed by atoms with Crippen LogP contribution in [0.2, 0.25) is 5.02 Å². The highest BCUT2D eigenvalue weighted by Crippen LogP contribution is 2.30. The highest BCUT2D eigenvalue weighted by atomic mass is 35.5. The van der Waals surface area contributed by atoms with Gasteiger partial charge < -0.3 is 10.6 Å². The molecule has 0 atom stereocenters. The van der Waals surface area contributed by atoms with Crippen molar-refractivity contribution in [3.63, 3.8) is 0 Å². The van der Waals surface area contributed by atoms with Gasteiger partial charge in [-0.15, -0.1) is 0 Å². The molecule has 114 valence electrons. The van der Waals surface area contributed by atoms with Gasteiger partial charge in [-0.25, -0.2) is 0 Å². The lowest BCUT2D eigenvalue weighted by Crippen LogP contribution is -2.30. The van der Waals surface area contributed by atoms with Crippen LogP contribution in [0.3, 0.4) is 0 Å². The summed E-state index contributed by atoms with van der Waals surface area (Å²) in [5, 5.41) is 16.9. The molecule has 7 heteroatoms. The maximum atomic E-state index is 12.1. The number of carbonyl (C=O) groups is 1. The molecular formula is C14H18ClN3O3. The van der Waals surface area contributed by atoms with Crippen molar-refractivity contribution in [3.8, 4) is 0 Å². The lowest BCUT2D eigenvalue weighted by atomic mass is 9.94. The fraction of sp³-hybridized carbons (Fsp3) is 0.500. The average molecular weight is 312 g/mol. The summed E-state index contributed by atoms with van der Waals surface area (Å²) in [6.45, 7) is 3.60. The average Bonchev–Trinajstić information content (AvgIpc) is 2.43. The standard InChI is InChI=1S/C14H18ClN3O3/c1-9-6-13(18(20)21)11(15)8-12(9)17-14(19)7-10-2-4-16-5-3-10/h6,8,10,16H,2-5,7H2,1H3,(H,17,19). The number of nitro groups is 1. The van der Waals surface area contributed by atoms with Crippen LogP contribution in [0.4, 0.5) is 11.4 Å². The van der Waals surface area contributed by atoms with Crippen molar-refractivity contribution in [2.75, 3.05) is 18.4 Å². The van der Waals surface area contributed by atoms with Crippen LogP contribution in [0.1, 0.15) is 24.8 Å². The number of rotatable bonds is 4. The summed E-state index contributed by atoms with van der Waals surface area (Å²) < 4.78 is 0. The summed E-state index contributed by atoms with van der Waals surface area (Å²) >= 11 is 5.87. The van der Waals surface area contributed by atoms with E-state index in [0.717, 1.165) is 25.9 Å². The van der Waals surface area contributed by atoms with E-state index in [9.17, 15) is 14.9 Å². The monoisotopic (exact) mass is 311 g/mol. The Morgan fingerprint density at radius 2 is 2.14 bits per heavy atom. The second-order valence-corrected chi connectivity index (χ2v) is 5.73. The van der Waals surface area contributed by atoms with E-state index in [2.05, 4.69) is 10.6 Å². The molecule has 0 aliphatic carbocycles. The van der Waals surface area contributed by atoms with Crippen LogP contribution in [-0.2, 0) is 4.79 Å². The Kier molecular flexibility index (Phi) is 5.14. The van der Waals surface area contributed by atoms with Crippen LogP contribution in [0.25, 0.3) is 0 Å². The van der Waals surface area contributed by atoms with Gasteiger partial charge in [0.15, 0.2) is 0 Å². The molecule has 1 aliphatic rings. The molecule has 0 aromatic heterocycles. The van der Waals surface area contributed by atoms with E-state index < -0.39 is 4.92 Å². The highest BCUT2D eigenvalue weighted by Gasteiger charge is 2.19. The van der Waals surface area contributed by atoms with Gasteiger partial charge in [0, 0.05) is 18.2 Å². The summed E-state index contributed by atoms with van der Waals surface area (Å²) in [6, 6.07) is 2.82. The minimum Gasteiger partial charge on any atom is -0.326 e. The number of halogens is 1. The Morgan fingerprint density at radius 3 is 2.76 bits per heavy atom. The number of benzene rings is 1. The van der Waals surface area contributed by atoms with E-state index in [0.29, 0.717) is 23.6 Å². The number of nitro benzene ring substituents is 1. The van der Waals surface area contributed by atoms with E-state index >= 15 is 0 Å². The number of aryl methyl sites for hydroxylation is 1. The number of nitrogens with zero attached hydrogens (tertiary/aromatic N) is 1. The summed E-state index contributed by atoms with van der Waals surface area (Å²) in [5.74, 6) is 0.315. The third-order valence-electron chi connectivity index (χ3n) is 3.70. The molecule has 0 unspecified atom stereocenters. The van der Waals surface area contributed by atoms with Crippen LogP contribution in [0.15, 0.2) is 12.1 Å². The molecule has 1 amide bonds. The zero-order valence-electron chi connectivity index (χ0n) is 11.8. The smallest absolute Gasteiger partial charge is 0.288 e. The molecule has 1 saturated heterocycles. The molecule has 1 aliphatic heterocycles. The quantitative estimate of drug-likeness (QED) is 0.661. The lowest BCUT2D eigenvalue weighted by molar-refractivity contribution is -0.384. The number of amides is 1. The molecule has 0 saturated carbocycles. The number of nitrogens with one attached hydrogen (secondary N) is 2. The van der Waals surface area contributed by atoms with Crippen LogP contribution in [0, 0.1) is 23.0 Å². The maximum Gasteiger partial charge on any atom is 0.288 e. The maximum absolute atomic E-state index is 12.1.